The van der Waals surface area contributed by atoms with Crippen molar-refractivity contribution in [1.82, 2.24) is 19.9 Å². The first-order valence-corrected chi connectivity index (χ1v) is 10.8. The van der Waals surface area contributed by atoms with E-state index >= 15 is 0 Å². The second-order valence-corrected chi connectivity index (χ2v) is 9.05. The fourth-order valence-corrected chi connectivity index (χ4v) is 3.47. The van der Waals surface area contributed by atoms with E-state index in [4.69, 9.17) is 22.3 Å². The predicted octanol–water partition coefficient (Wildman–Crippen LogP) is 5.85. The maximum atomic E-state index is 13.3. The third-order valence-corrected chi connectivity index (χ3v) is 5.23. The number of aromatic nitrogens is 4. The largest absolute Gasteiger partial charge is 0.368 e. The average Bonchev–Trinajstić information content (AvgIpc) is 3.22. The summed E-state index contributed by atoms with van der Waals surface area (Å²) < 4.78 is 13.3. The normalized spacial score (nSPS) is 11.3. The zero-order valence-electron chi connectivity index (χ0n) is 18.8. The van der Waals surface area contributed by atoms with E-state index in [0.29, 0.717) is 28.5 Å². The summed E-state index contributed by atoms with van der Waals surface area (Å²) in [4.78, 5) is 29.0. The number of amides is 2. The van der Waals surface area contributed by atoms with Crippen molar-refractivity contribution in [3.05, 3.63) is 71.4 Å². The highest BCUT2D eigenvalue weighted by Gasteiger charge is 2.23. The summed E-state index contributed by atoms with van der Waals surface area (Å²) in [6, 6.07) is 12.2. The van der Waals surface area contributed by atoms with Crippen LogP contribution < -0.4 is 16.4 Å². The molecular weight excluding hydrogens is 457 g/mol. The van der Waals surface area contributed by atoms with Crippen molar-refractivity contribution in [3.63, 3.8) is 0 Å². The number of nitrogens with two attached hydrogens (primary N) is 1. The van der Waals surface area contributed by atoms with Gasteiger partial charge in [-0.15, -0.1) is 0 Å². The fourth-order valence-electron chi connectivity index (χ4n) is 3.26. The summed E-state index contributed by atoms with van der Waals surface area (Å²) in [5.74, 6) is 0.442. The Labute approximate surface area is 200 Å². The molecule has 0 saturated heterocycles. The third-order valence-electron chi connectivity index (χ3n) is 4.92. The van der Waals surface area contributed by atoms with Gasteiger partial charge in [-0.2, -0.15) is 0 Å². The van der Waals surface area contributed by atoms with Gasteiger partial charge in [-0.1, -0.05) is 44.5 Å². The van der Waals surface area contributed by atoms with Crippen molar-refractivity contribution in [2.75, 3.05) is 16.4 Å². The molecule has 0 unspecified atom stereocenters. The zero-order valence-corrected chi connectivity index (χ0v) is 19.5. The molecule has 0 atom stereocenters. The van der Waals surface area contributed by atoms with Gasteiger partial charge in [0.1, 0.15) is 11.6 Å². The molecule has 0 aliphatic carbocycles. The summed E-state index contributed by atoms with van der Waals surface area (Å²) in [6.45, 7) is 6.16. The number of carbonyl (C=O) groups is 1. The molecule has 4 rings (SSSR count). The molecule has 0 bridgehead atoms. The minimum atomic E-state index is -0.521. The quantitative estimate of drug-likeness (QED) is 0.292. The number of benzene rings is 2. The lowest BCUT2D eigenvalue weighted by atomic mass is 9.96. The van der Waals surface area contributed by atoms with Crippen LogP contribution in [0.25, 0.3) is 22.6 Å². The summed E-state index contributed by atoms with van der Waals surface area (Å²) in [5, 5.41) is 5.47. The SMILES string of the molecule is CC(C)(C)c1nc(-c2cccc(NC(=O)Nc3ccc(F)cc3Cl)c2)c(-c2ccnc(N)n2)[nH]1. The number of nitrogens with one attached hydrogen (secondary N) is 3. The maximum absolute atomic E-state index is 13.3. The molecule has 174 valence electrons. The Bertz CT molecular complexity index is 1360. The van der Waals surface area contributed by atoms with Gasteiger partial charge in [0.05, 0.1) is 27.8 Å². The van der Waals surface area contributed by atoms with E-state index in [9.17, 15) is 9.18 Å². The first-order valence-electron chi connectivity index (χ1n) is 10.4. The lowest BCUT2D eigenvalue weighted by Gasteiger charge is -2.14. The molecule has 2 aromatic carbocycles. The molecule has 10 heteroatoms. The molecule has 2 amide bonds. The number of anilines is 3. The second-order valence-electron chi connectivity index (χ2n) is 8.64. The van der Waals surface area contributed by atoms with Crippen molar-refractivity contribution >= 4 is 35.0 Å². The number of imidazole rings is 1. The van der Waals surface area contributed by atoms with Crippen LogP contribution in [0.1, 0.15) is 26.6 Å². The van der Waals surface area contributed by atoms with Gasteiger partial charge in [0, 0.05) is 22.9 Å². The number of carbonyl (C=O) groups excluding carboxylic acids is 1. The lowest BCUT2D eigenvalue weighted by molar-refractivity contribution is 0.262. The van der Waals surface area contributed by atoms with E-state index in [-0.39, 0.29) is 16.4 Å². The molecule has 0 fully saturated rings. The van der Waals surface area contributed by atoms with Crippen LogP contribution in [0.3, 0.4) is 0 Å². The van der Waals surface area contributed by atoms with Gasteiger partial charge in [-0.3, -0.25) is 0 Å². The minimum absolute atomic E-state index is 0.101. The number of hydrogen-bond acceptors (Lipinski definition) is 5. The van der Waals surface area contributed by atoms with Crippen molar-refractivity contribution in [3.8, 4) is 22.6 Å². The highest BCUT2D eigenvalue weighted by atomic mass is 35.5. The zero-order chi connectivity index (χ0) is 24.5. The summed E-state index contributed by atoms with van der Waals surface area (Å²) in [7, 11) is 0. The Hall–Kier alpha value is -3.98. The molecule has 8 nitrogen and oxygen atoms in total. The molecule has 4 aromatic rings. The Balaban J connectivity index is 1.65. The van der Waals surface area contributed by atoms with Crippen LogP contribution in [0, 0.1) is 5.82 Å². The van der Waals surface area contributed by atoms with Gasteiger partial charge < -0.3 is 21.4 Å². The van der Waals surface area contributed by atoms with Crippen LogP contribution >= 0.6 is 11.6 Å². The highest BCUT2D eigenvalue weighted by Crippen LogP contribution is 2.34. The van der Waals surface area contributed by atoms with Gasteiger partial charge in [-0.05, 0) is 36.4 Å². The Kier molecular flexibility index (Phi) is 6.21. The van der Waals surface area contributed by atoms with Crippen LogP contribution in [0.4, 0.5) is 26.5 Å². The van der Waals surface area contributed by atoms with Gasteiger partial charge in [0.15, 0.2) is 0 Å². The van der Waals surface area contributed by atoms with Crippen LogP contribution in [0.15, 0.2) is 54.7 Å². The Morgan fingerprint density at radius 3 is 2.59 bits per heavy atom. The van der Waals surface area contributed by atoms with E-state index < -0.39 is 11.8 Å². The third kappa shape index (κ3) is 5.15. The number of nitrogen functional groups attached to an aromatic ring is 1. The van der Waals surface area contributed by atoms with Crippen molar-refractivity contribution in [2.45, 2.75) is 26.2 Å². The molecule has 0 saturated carbocycles. The van der Waals surface area contributed by atoms with Crippen molar-refractivity contribution in [2.24, 2.45) is 0 Å². The minimum Gasteiger partial charge on any atom is -0.368 e. The maximum Gasteiger partial charge on any atom is 0.323 e. The summed E-state index contributed by atoms with van der Waals surface area (Å²) in [6.07, 6.45) is 1.59. The Morgan fingerprint density at radius 1 is 1.09 bits per heavy atom. The molecule has 0 aliphatic heterocycles. The van der Waals surface area contributed by atoms with E-state index in [1.807, 2.05) is 6.07 Å². The highest BCUT2D eigenvalue weighted by molar-refractivity contribution is 6.33. The van der Waals surface area contributed by atoms with Crippen LogP contribution in [0.5, 0.6) is 0 Å². The molecule has 0 aliphatic rings. The van der Waals surface area contributed by atoms with E-state index in [2.05, 4.69) is 46.4 Å². The van der Waals surface area contributed by atoms with E-state index in [1.54, 1.807) is 30.5 Å². The number of aromatic amines is 1. The van der Waals surface area contributed by atoms with Crippen LogP contribution in [-0.2, 0) is 5.41 Å². The molecule has 5 N–H and O–H groups in total. The lowest BCUT2D eigenvalue weighted by Crippen LogP contribution is -2.19. The van der Waals surface area contributed by atoms with Crippen molar-refractivity contribution in [1.29, 1.82) is 0 Å². The first-order chi connectivity index (χ1) is 16.1. The molecule has 34 heavy (non-hydrogen) atoms. The average molecular weight is 480 g/mol. The molecule has 2 heterocycles. The number of rotatable bonds is 4. The number of nitrogens with zero attached hydrogens (tertiary/aromatic N) is 3. The van der Waals surface area contributed by atoms with Crippen molar-refractivity contribution < 1.29 is 9.18 Å². The smallest absolute Gasteiger partial charge is 0.323 e. The standard InChI is InChI=1S/C24H23ClFN7O/c1-24(2,3)21-32-19(20(33-21)18-9-10-28-22(27)30-18)13-5-4-6-15(11-13)29-23(34)31-17-8-7-14(26)12-16(17)25/h4-12H,1-3H3,(H,32,33)(H2,27,28,30)(H2,29,31,34). The molecular formula is C24H23ClFN7O. The van der Waals surface area contributed by atoms with E-state index in [0.717, 1.165) is 17.5 Å². The number of urea groups is 1. The Morgan fingerprint density at radius 2 is 1.88 bits per heavy atom. The number of halogens is 2. The first kappa shape index (κ1) is 23.2. The van der Waals surface area contributed by atoms with Gasteiger partial charge >= 0.3 is 6.03 Å². The van der Waals surface area contributed by atoms with Crippen LogP contribution in [0.2, 0.25) is 5.02 Å². The number of H-pyrrole nitrogens is 1. The number of hydrogen-bond donors (Lipinski definition) is 4. The molecule has 0 radical (unpaired) electrons. The fraction of sp³-hybridized carbons (Fsp3) is 0.167. The summed E-state index contributed by atoms with van der Waals surface area (Å²) >= 11 is 5.99. The van der Waals surface area contributed by atoms with E-state index in [1.165, 1.54) is 12.1 Å². The molecule has 0 spiro atoms. The monoisotopic (exact) mass is 479 g/mol. The second kappa shape index (κ2) is 9.11. The summed E-state index contributed by atoms with van der Waals surface area (Å²) in [5.41, 5.74) is 9.10. The molecule has 2 aromatic heterocycles. The van der Waals surface area contributed by atoms with Gasteiger partial charge in [0.25, 0.3) is 0 Å². The van der Waals surface area contributed by atoms with Gasteiger partial charge in [-0.25, -0.2) is 24.1 Å². The van der Waals surface area contributed by atoms with Crippen LogP contribution in [-0.4, -0.2) is 26.0 Å². The predicted molar refractivity (Wildman–Crippen MR) is 132 cm³/mol. The van der Waals surface area contributed by atoms with Gasteiger partial charge in [0.2, 0.25) is 5.95 Å². The topological polar surface area (TPSA) is 122 Å².